The topological polar surface area (TPSA) is 77.2 Å². The molecule has 1 aliphatic rings. The first-order chi connectivity index (χ1) is 14.2. The minimum Gasteiger partial charge on any atom is -0.369 e. The van der Waals surface area contributed by atoms with E-state index in [4.69, 9.17) is 0 Å². The minimum atomic E-state index is -3.12. The van der Waals surface area contributed by atoms with E-state index in [9.17, 15) is 13.2 Å². The molecule has 3 aromatic rings. The number of pyridine rings is 1. The average Bonchev–Trinajstić information content (AvgIpc) is 3.39. The van der Waals surface area contributed by atoms with Crippen molar-refractivity contribution in [2.75, 3.05) is 24.2 Å². The van der Waals surface area contributed by atoms with Crippen LogP contribution in [-0.2, 0) is 16.9 Å². The van der Waals surface area contributed by atoms with Crippen LogP contribution in [0.5, 0.6) is 0 Å². The third kappa shape index (κ3) is 3.92. The summed E-state index contributed by atoms with van der Waals surface area (Å²) in [6.45, 7) is 3.09. The zero-order valence-corrected chi connectivity index (χ0v) is 18.2. The van der Waals surface area contributed by atoms with Crippen molar-refractivity contribution in [1.82, 2.24) is 14.3 Å². The molecule has 30 heavy (non-hydrogen) atoms. The molecule has 2 atom stereocenters. The van der Waals surface area contributed by atoms with Crippen molar-refractivity contribution in [1.29, 1.82) is 0 Å². The standard InChI is InChI=1S/C22H26N4O3S/c1-16(17-7-5-4-6-8-17)26-13-18(12-23-26)20-15-24(2)22(27)11-21(20)25-10-9-19(14-25)30(3,28)29/h4-8,11-13,15-16,19H,9-10,14H2,1-3H3. The van der Waals surface area contributed by atoms with Crippen LogP contribution in [0.1, 0.15) is 24.9 Å². The predicted octanol–water partition coefficient (Wildman–Crippen LogP) is 2.48. The quantitative estimate of drug-likeness (QED) is 0.626. The number of aryl methyl sites for hydroxylation is 1. The number of aromatic nitrogens is 3. The fraction of sp³-hybridized carbons (Fsp3) is 0.364. The normalized spacial score (nSPS) is 18.0. The van der Waals surface area contributed by atoms with Gasteiger partial charge in [0.1, 0.15) is 0 Å². The second-order valence-corrected chi connectivity index (χ2v) is 10.3. The average molecular weight is 427 g/mol. The number of anilines is 1. The first-order valence-electron chi connectivity index (χ1n) is 9.98. The number of sulfone groups is 1. The molecule has 0 amide bonds. The van der Waals surface area contributed by atoms with Crippen LogP contribution in [0.15, 0.2) is 59.8 Å². The Hall–Kier alpha value is -2.87. The SMILES string of the molecule is CC(c1ccccc1)n1cc(-c2cn(C)c(=O)cc2N2CCC(S(C)(=O)=O)C2)cn1. The number of nitrogens with zero attached hydrogens (tertiary/aromatic N) is 4. The molecule has 0 saturated carbocycles. The Kier molecular flexibility index (Phi) is 5.27. The predicted molar refractivity (Wildman–Crippen MR) is 119 cm³/mol. The van der Waals surface area contributed by atoms with E-state index in [1.807, 2.05) is 34.0 Å². The molecule has 1 aliphatic heterocycles. The Morgan fingerprint density at radius 1 is 1.17 bits per heavy atom. The maximum absolute atomic E-state index is 12.4. The van der Waals surface area contributed by atoms with Gasteiger partial charge in [-0.15, -0.1) is 0 Å². The summed E-state index contributed by atoms with van der Waals surface area (Å²) in [5.41, 5.74) is 3.56. The van der Waals surface area contributed by atoms with Gasteiger partial charge in [0.15, 0.2) is 9.84 Å². The van der Waals surface area contributed by atoms with E-state index in [1.165, 1.54) is 6.26 Å². The maximum Gasteiger partial charge on any atom is 0.252 e. The van der Waals surface area contributed by atoms with Crippen LogP contribution in [0.4, 0.5) is 5.69 Å². The van der Waals surface area contributed by atoms with Crippen molar-refractivity contribution in [2.45, 2.75) is 24.6 Å². The van der Waals surface area contributed by atoms with Gasteiger partial charge in [0, 0.05) is 56.0 Å². The van der Waals surface area contributed by atoms with Gasteiger partial charge in [-0.2, -0.15) is 5.10 Å². The van der Waals surface area contributed by atoms with Gasteiger partial charge >= 0.3 is 0 Å². The van der Waals surface area contributed by atoms with Crippen molar-refractivity contribution >= 4 is 15.5 Å². The van der Waals surface area contributed by atoms with Crippen LogP contribution in [0.2, 0.25) is 0 Å². The Morgan fingerprint density at radius 2 is 1.90 bits per heavy atom. The summed E-state index contributed by atoms with van der Waals surface area (Å²) in [6.07, 6.45) is 7.43. The molecule has 0 N–H and O–H groups in total. The number of benzene rings is 1. The molecule has 0 aliphatic carbocycles. The van der Waals surface area contributed by atoms with Gasteiger partial charge < -0.3 is 9.47 Å². The largest absolute Gasteiger partial charge is 0.369 e. The third-order valence-electron chi connectivity index (χ3n) is 5.89. The summed E-state index contributed by atoms with van der Waals surface area (Å²) in [5.74, 6) is 0. The van der Waals surface area contributed by atoms with E-state index in [2.05, 4.69) is 24.2 Å². The molecule has 1 aromatic carbocycles. The molecule has 1 fully saturated rings. The lowest BCUT2D eigenvalue weighted by atomic mass is 10.1. The van der Waals surface area contributed by atoms with Crippen LogP contribution in [-0.4, -0.2) is 47.4 Å². The smallest absolute Gasteiger partial charge is 0.252 e. The van der Waals surface area contributed by atoms with Gasteiger partial charge in [-0.1, -0.05) is 30.3 Å². The van der Waals surface area contributed by atoms with Crippen LogP contribution in [0.25, 0.3) is 11.1 Å². The molecule has 0 spiro atoms. The molecule has 3 heterocycles. The van der Waals surface area contributed by atoms with Crippen LogP contribution >= 0.6 is 0 Å². The summed E-state index contributed by atoms with van der Waals surface area (Å²) in [4.78, 5) is 14.4. The Bertz CT molecular complexity index is 1210. The van der Waals surface area contributed by atoms with Crippen molar-refractivity contribution in [3.8, 4) is 11.1 Å². The highest BCUT2D eigenvalue weighted by atomic mass is 32.2. The maximum atomic E-state index is 12.4. The Balaban J connectivity index is 1.71. The molecular formula is C22H26N4O3S. The Labute approximate surface area is 176 Å². The highest BCUT2D eigenvalue weighted by molar-refractivity contribution is 7.91. The van der Waals surface area contributed by atoms with Gasteiger partial charge in [0.2, 0.25) is 0 Å². The fourth-order valence-corrected chi connectivity index (χ4v) is 4.96. The van der Waals surface area contributed by atoms with Crippen LogP contribution in [0, 0.1) is 0 Å². The highest BCUT2D eigenvalue weighted by Gasteiger charge is 2.31. The third-order valence-corrected chi connectivity index (χ3v) is 7.48. The summed E-state index contributed by atoms with van der Waals surface area (Å²) < 4.78 is 27.4. The summed E-state index contributed by atoms with van der Waals surface area (Å²) in [7, 11) is -1.40. The van der Waals surface area contributed by atoms with Crippen molar-refractivity contribution in [3.05, 3.63) is 70.9 Å². The minimum absolute atomic E-state index is 0.0670. The van der Waals surface area contributed by atoms with Crippen LogP contribution < -0.4 is 10.5 Å². The van der Waals surface area contributed by atoms with E-state index in [0.29, 0.717) is 19.5 Å². The molecule has 2 unspecified atom stereocenters. The Morgan fingerprint density at radius 3 is 2.57 bits per heavy atom. The van der Waals surface area contributed by atoms with E-state index >= 15 is 0 Å². The van der Waals surface area contributed by atoms with Crippen molar-refractivity contribution in [3.63, 3.8) is 0 Å². The lowest BCUT2D eigenvalue weighted by Crippen LogP contribution is -2.28. The summed E-state index contributed by atoms with van der Waals surface area (Å²) >= 11 is 0. The first kappa shape index (κ1) is 20.4. The van der Waals surface area contributed by atoms with Gasteiger partial charge in [-0.25, -0.2) is 8.42 Å². The van der Waals surface area contributed by atoms with Crippen molar-refractivity contribution < 1.29 is 8.42 Å². The van der Waals surface area contributed by atoms with E-state index in [1.54, 1.807) is 30.1 Å². The highest BCUT2D eigenvalue weighted by Crippen LogP contribution is 2.33. The number of rotatable bonds is 5. The van der Waals surface area contributed by atoms with Gasteiger partial charge in [-0.3, -0.25) is 9.48 Å². The first-order valence-corrected chi connectivity index (χ1v) is 11.9. The molecule has 0 radical (unpaired) electrons. The number of hydrogen-bond donors (Lipinski definition) is 0. The van der Waals surface area contributed by atoms with Crippen molar-refractivity contribution in [2.24, 2.45) is 7.05 Å². The van der Waals surface area contributed by atoms with Gasteiger partial charge in [-0.05, 0) is 18.9 Å². The molecule has 7 nitrogen and oxygen atoms in total. The lowest BCUT2D eigenvalue weighted by molar-refractivity contribution is 0.565. The summed E-state index contributed by atoms with van der Waals surface area (Å²) in [6, 6.07) is 11.8. The zero-order chi connectivity index (χ0) is 21.5. The van der Waals surface area contributed by atoms with Gasteiger partial charge in [0.05, 0.1) is 23.2 Å². The van der Waals surface area contributed by atoms with Gasteiger partial charge in [0.25, 0.3) is 5.56 Å². The van der Waals surface area contributed by atoms with E-state index in [0.717, 1.165) is 22.4 Å². The molecule has 8 heteroatoms. The summed E-state index contributed by atoms with van der Waals surface area (Å²) in [5, 5.41) is 4.15. The molecule has 2 aromatic heterocycles. The fourth-order valence-electron chi connectivity index (χ4n) is 3.97. The monoisotopic (exact) mass is 426 g/mol. The second-order valence-electron chi connectivity index (χ2n) is 8.00. The molecule has 1 saturated heterocycles. The van der Waals surface area contributed by atoms with E-state index in [-0.39, 0.29) is 11.6 Å². The molecule has 4 rings (SSSR count). The molecular weight excluding hydrogens is 400 g/mol. The second kappa shape index (κ2) is 7.75. The van der Waals surface area contributed by atoms with Crippen LogP contribution in [0.3, 0.4) is 0 Å². The number of hydrogen-bond acceptors (Lipinski definition) is 5. The lowest BCUT2D eigenvalue weighted by Gasteiger charge is -2.22. The molecule has 158 valence electrons. The zero-order valence-electron chi connectivity index (χ0n) is 17.4. The van der Waals surface area contributed by atoms with E-state index < -0.39 is 15.1 Å². The molecule has 0 bridgehead atoms.